The maximum absolute atomic E-state index is 12.9. The first kappa shape index (κ1) is 16.0. The lowest BCUT2D eigenvalue weighted by atomic mass is 10.1. The van der Waals surface area contributed by atoms with Crippen molar-refractivity contribution in [1.29, 1.82) is 0 Å². The number of benzene rings is 1. The second kappa shape index (κ2) is 7.55. The van der Waals surface area contributed by atoms with Crippen LogP contribution in [-0.4, -0.2) is 29.9 Å². The molecule has 2 atom stereocenters. The van der Waals surface area contributed by atoms with Crippen LogP contribution in [-0.2, 0) is 4.79 Å². The van der Waals surface area contributed by atoms with Crippen molar-refractivity contribution in [2.24, 2.45) is 0 Å². The Kier molecular flexibility index (Phi) is 5.74. The Bertz CT molecular complexity index is 452. The van der Waals surface area contributed by atoms with Crippen molar-refractivity contribution in [3.8, 4) is 0 Å². The van der Waals surface area contributed by atoms with Crippen LogP contribution in [0.25, 0.3) is 0 Å². The van der Waals surface area contributed by atoms with E-state index in [2.05, 4.69) is 5.32 Å². The summed E-state index contributed by atoms with van der Waals surface area (Å²) in [5, 5.41) is 3.32. The van der Waals surface area contributed by atoms with Crippen molar-refractivity contribution in [3.05, 3.63) is 35.6 Å². The minimum atomic E-state index is -0.236. The quantitative estimate of drug-likeness (QED) is 0.923. The predicted octanol–water partition coefficient (Wildman–Crippen LogP) is 3.27. The minimum absolute atomic E-state index is 0.0246. The fourth-order valence-electron chi connectivity index (χ4n) is 2.86. The second-order valence-electron chi connectivity index (χ2n) is 5.90. The highest BCUT2D eigenvalue weighted by Crippen LogP contribution is 2.15. The summed E-state index contributed by atoms with van der Waals surface area (Å²) in [6, 6.07) is 6.23. The maximum Gasteiger partial charge on any atom is 0.239 e. The summed E-state index contributed by atoms with van der Waals surface area (Å²) in [6.07, 6.45) is 4.65. The highest BCUT2D eigenvalue weighted by atomic mass is 19.1. The van der Waals surface area contributed by atoms with Crippen molar-refractivity contribution in [2.45, 2.75) is 51.6 Å². The number of amides is 1. The number of likely N-dealkylation sites (tertiary alicyclic amines) is 1. The van der Waals surface area contributed by atoms with E-state index in [4.69, 9.17) is 0 Å². The lowest BCUT2D eigenvalue weighted by Crippen LogP contribution is -2.45. The van der Waals surface area contributed by atoms with Crippen LogP contribution in [0.15, 0.2) is 24.3 Å². The number of hydrogen-bond donors (Lipinski definition) is 1. The van der Waals surface area contributed by atoms with Gasteiger partial charge in [0.2, 0.25) is 5.91 Å². The molecule has 0 spiro atoms. The molecule has 0 aliphatic carbocycles. The molecule has 1 aromatic rings. The average Bonchev–Trinajstić information content (AvgIpc) is 2.76. The minimum Gasteiger partial charge on any atom is -0.341 e. The van der Waals surface area contributed by atoms with Crippen LogP contribution >= 0.6 is 0 Å². The van der Waals surface area contributed by atoms with Crippen molar-refractivity contribution in [1.82, 2.24) is 10.2 Å². The smallest absolute Gasteiger partial charge is 0.239 e. The molecule has 1 fully saturated rings. The molecular formula is C17H25FN2O. The molecule has 1 amide bonds. The molecule has 3 nitrogen and oxygen atoms in total. The van der Waals surface area contributed by atoms with Gasteiger partial charge in [0, 0.05) is 19.1 Å². The highest BCUT2D eigenvalue weighted by molar-refractivity contribution is 5.81. The fourth-order valence-corrected chi connectivity index (χ4v) is 2.86. The molecule has 0 bridgehead atoms. The molecule has 1 heterocycles. The van der Waals surface area contributed by atoms with Gasteiger partial charge in [-0.15, -0.1) is 0 Å². The summed E-state index contributed by atoms with van der Waals surface area (Å²) < 4.78 is 12.9. The number of nitrogens with zero attached hydrogens (tertiary/aromatic N) is 1. The third-order valence-electron chi connectivity index (χ3n) is 4.16. The van der Waals surface area contributed by atoms with Gasteiger partial charge in [-0.2, -0.15) is 0 Å². The van der Waals surface area contributed by atoms with Crippen LogP contribution in [0.2, 0.25) is 0 Å². The molecule has 4 heteroatoms. The Hall–Kier alpha value is -1.42. The number of carbonyl (C=O) groups excluding carboxylic acids is 1. The molecule has 2 rings (SSSR count). The normalized spacial score (nSPS) is 18.9. The summed E-state index contributed by atoms with van der Waals surface area (Å²) in [5.74, 6) is -0.0643. The lowest BCUT2D eigenvalue weighted by molar-refractivity contribution is -0.133. The molecule has 0 aromatic heterocycles. The van der Waals surface area contributed by atoms with Crippen molar-refractivity contribution in [3.63, 3.8) is 0 Å². The van der Waals surface area contributed by atoms with Crippen LogP contribution in [0.1, 0.15) is 51.1 Å². The largest absolute Gasteiger partial charge is 0.341 e. The Morgan fingerprint density at radius 3 is 2.24 bits per heavy atom. The van der Waals surface area contributed by atoms with Crippen molar-refractivity contribution >= 4 is 5.91 Å². The van der Waals surface area contributed by atoms with Crippen LogP contribution < -0.4 is 5.32 Å². The lowest BCUT2D eigenvalue weighted by Gasteiger charge is -2.27. The van der Waals surface area contributed by atoms with Crippen LogP contribution in [0.3, 0.4) is 0 Å². The SMILES string of the molecule is CC(N[C@@H](C)c1ccc(F)cc1)C(=O)N1CCCCCC1. The zero-order valence-electron chi connectivity index (χ0n) is 12.9. The predicted molar refractivity (Wildman–Crippen MR) is 82.5 cm³/mol. The first-order valence-corrected chi connectivity index (χ1v) is 7.88. The summed E-state index contributed by atoms with van der Waals surface area (Å²) in [7, 11) is 0. The third kappa shape index (κ3) is 4.53. The van der Waals surface area contributed by atoms with Crippen molar-refractivity contribution in [2.75, 3.05) is 13.1 Å². The Labute approximate surface area is 126 Å². The number of nitrogens with one attached hydrogen (secondary N) is 1. The van der Waals surface area contributed by atoms with E-state index in [-0.39, 0.29) is 23.8 Å². The van der Waals surface area contributed by atoms with Gasteiger partial charge in [-0.3, -0.25) is 10.1 Å². The van der Waals surface area contributed by atoms with Gasteiger partial charge in [-0.05, 0) is 44.4 Å². The number of hydrogen-bond acceptors (Lipinski definition) is 2. The van der Waals surface area contributed by atoms with Gasteiger partial charge in [0.05, 0.1) is 6.04 Å². The topological polar surface area (TPSA) is 32.3 Å². The summed E-state index contributed by atoms with van der Waals surface area (Å²) in [4.78, 5) is 14.4. The van der Waals surface area contributed by atoms with Gasteiger partial charge < -0.3 is 4.90 Å². The van der Waals surface area contributed by atoms with Gasteiger partial charge in [0.1, 0.15) is 5.82 Å². The number of carbonyl (C=O) groups is 1. The van der Waals surface area contributed by atoms with E-state index in [1.54, 1.807) is 12.1 Å². The first-order valence-electron chi connectivity index (χ1n) is 7.88. The summed E-state index contributed by atoms with van der Waals surface area (Å²) >= 11 is 0. The molecule has 116 valence electrons. The van der Waals surface area contributed by atoms with Gasteiger partial charge in [-0.25, -0.2) is 4.39 Å². The van der Waals surface area contributed by atoms with Gasteiger partial charge in [0.25, 0.3) is 0 Å². The van der Waals surface area contributed by atoms with E-state index in [0.29, 0.717) is 0 Å². The monoisotopic (exact) mass is 292 g/mol. The second-order valence-corrected chi connectivity index (χ2v) is 5.90. The van der Waals surface area contributed by atoms with E-state index < -0.39 is 0 Å². The van der Waals surface area contributed by atoms with Crippen LogP contribution in [0, 0.1) is 5.82 Å². The molecule has 1 N–H and O–H groups in total. The molecule has 0 saturated carbocycles. The van der Waals surface area contributed by atoms with Gasteiger partial charge >= 0.3 is 0 Å². The van der Waals surface area contributed by atoms with Gasteiger partial charge in [-0.1, -0.05) is 25.0 Å². The number of halogens is 1. The molecule has 1 aliphatic heterocycles. The maximum atomic E-state index is 12.9. The van der Waals surface area contributed by atoms with Gasteiger partial charge in [0.15, 0.2) is 0 Å². The molecule has 1 aliphatic rings. The molecule has 1 unspecified atom stereocenters. The summed E-state index contributed by atoms with van der Waals surface area (Å²) in [5.41, 5.74) is 0.993. The van der Waals surface area contributed by atoms with E-state index in [1.165, 1.54) is 25.0 Å². The zero-order valence-corrected chi connectivity index (χ0v) is 12.9. The zero-order chi connectivity index (χ0) is 15.2. The number of rotatable bonds is 4. The standard InChI is InChI=1S/C17H25FN2O/c1-13(15-7-9-16(18)10-8-15)19-14(2)17(21)20-11-5-3-4-6-12-20/h7-10,13-14,19H,3-6,11-12H2,1-2H3/t13-,14?/m0/s1. The Morgan fingerprint density at radius 2 is 1.67 bits per heavy atom. The Morgan fingerprint density at radius 1 is 1.10 bits per heavy atom. The summed E-state index contributed by atoms with van der Waals surface area (Å²) in [6.45, 7) is 5.65. The third-order valence-corrected chi connectivity index (χ3v) is 4.16. The molecular weight excluding hydrogens is 267 g/mol. The Balaban J connectivity index is 1.91. The van der Waals surface area contributed by atoms with Crippen molar-refractivity contribution < 1.29 is 9.18 Å². The first-order chi connectivity index (χ1) is 10.1. The van der Waals surface area contributed by atoms with E-state index in [9.17, 15) is 9.18 Å². The highest BCUT2D eigenvalue weighted by Gasteiger charge is 2.22. The molecule has 0 radical (unpaired) electrons. The van der Waals surface area contributed by atoms with E-state index in [0.717, 1.165) is 31.5 Å². The molecule has 1 aromatic carbocycles. The van der Waals surface area contributed by atoms with E-state index in [1.807, 2.05) is 18.7 Å². The van der Waals surface area contributed by atoms with Crippen LogP contribution in [0.4, 0.5) is 4.39 Å². The van der Waals surface area contributed by atoms with Crippen LogP contribution in [0.5, 0.6) is 0 Å². The molecule has 21 heavy (non-hydrogen) atoms. The van der Waals surface area contributed by atoms with E-state index >= 15 is 0 Å². The molecule has 1 saturated heterocycles. The fraction of sp³-hybridized carbons (Fsp3) is 0.588. The average molecular weight is 292 g/mol.